The van der Waals surface area contributed by atoms with Gasteiger partial charge in [0.1, 0.15) is 11.6 Å². The molecular formula is C17H18N3O3. The Hall–Kier alpha value is -2.47. The number of nitrogens with zero attached hydrogens (tertiary/aromatic N) is 3. The summed E-state index contributed by atoms with van der Waals surface area (Å²) in [4.78, 5) is 22.6. The molecule has 0 unspecified atom stereocenters. The number of amides is 1. The van der Waals surface area contributed by atoms with E-state index in [0.29, 0.717) is 32.1 Å². The monoisotopic (exact) mass is 312 g/mol. The number of hydrogen-bond acceptors (Lipinski definition) is 5. The summed E-state index contributed by atoms with van der Waals surface area (Å²) >= 11 is 0. The Kier molecular flexibility index (Phi) is 4.83. The summed E-state index contributed by atoms with van der Waals surface area (Å²) in [5.74, 6) is 1.25. The van der Waals surface area contributed by atoms with Gasteiger partial charge in [0.05, 0.1) is 38.6 Å². The number of rotatable bonds is 4. The van der Waals surface area contributed by atoms with Crippen molar-refractivity contribution in [3.8, 4) is 17.0 Å². The van der Waals surface area contributed by atoms with Gasteiger partial charge in [0.25, 0.3) is 0 Å². The number of carbonyl (C=O) groups excluding carboxylic acids is 1. The lowest BCUT2D eigenvalue weighted by Gasteiger charge is -2.26. The first-order valence-electron chi connectivity index (χ1n) is 7.50. The summed E-state index contributed by atoms with van der Waals surface area (Å²) in [7, 11) is 1.62. The molecule has 1 aliphatic heterocycles. The number of ether oxygens (including phenoxy) is 2. The van der Waals surface area contributed by atoms with Gasteiger partial charge in [-0.2, -0.15) is 0 Å². The highest BCUT2D eigenvalue weighted by molar-refractivity contribution is 5.78. The van der Waals surface area contributed by atoms with E-state index in [9.17, 15) is 4.79 Å². The van der Waals surface area contributed by atoms with Gasteiger partial charge in [-0.25, -0.2) is 9.97 Å². The fraction of sp³-hybridized carbons (Fsp3) is 0.353. The largest absolute Gasteiger partial charge is 0.497 e. The third kappa shape index (κ3) is 3.84. The van der Waals surface area contributed by atoms with E-state index in [-0.39, 0.29) is 12.3 Å². The van der Waals surface area contributed by atoms with Crippen LogP contribution in [-0.2, 0) is 16.0 Å². The van der Waals surface area contributed by atoms with Gasteiger partial charge in [-0.15, -0.1) is 0 Å². The van der Waals surface area contributed by atoms with E-state index in [0.717, 1.165) is 17.0 Å². The molecule has 0 bridgehead atoms. The molecular weight excluding hydrogens is 294 g/mol. The third-order valence-corrected chi connectivity index (χ3v) is 3.68. The minimum Gasteiger partial charge on any atom is -0.497 e. The van der Waals surface area contributed by atoms with Crippen LogP contribution in [0.3, 0.4) is 0 Å². The van der Waals surface area contributed by atoms with Crippen LogP contribution in [0.2, 0.25) is 0 Å². The smallest absolute Gasteiger partial charge is 0.230 e. The summed E-state index contributed by atoms with van der Waals surface area (Å²) in [6.07, 6.45) is 3.00. The van der Waals surface area contributed by atoms with Crippen molar-refractivity contribution in [2.45, 2.75) is 6.42 Å². The van der Waals surface area contributed by atoms with Crippen molar-refractivity contribution in [1.82, 2.24) is 14.9 Å². The van der Waals surface area contributed by atoms with Crippen molar-refractivity contribution in [3.63, 3.8) is 0 Å². The fourth-order valence-corrected chi connectivity index (χ4v) is 2.43. The topological polar surface area (TPSA) is 64.5 Å². The van der Waals surface area contributed by atoms with Crippen molar-refractivity contribution >= 4 is 5.91 Å². The van der Waals surface area contributed by atoms with Gasteiger partial charge in [0, 0.05) is 18.7 Å². The Bertz CT molecular complexity index is 684. The Morgan fingerprint density at radius 2 is 2.22 bits per heavy atom. The predicted octanol–water partition coefficient (Wildman–Crippen LogP) is 1.35. The van der Waals surface area contributed by atoms with Crippen LogP contribution < -0.4 is 4.74 Å². The van der Waals surface area contributed by atoms with Gasteiger partial charge in [0.2, 0.25) is 5.91 Å². The molecule has 0 atom stereocenters. The molecule has 23 heavy (non-hydrogen) atoms. The number of aromatic nitrogens is 2. The van der Waals surface area contributed by atoms with Crippen LogP contribution in [-0.4, -0.2) is 54.2 Å². The number of carbonyl (C=O) groups is 1. The van der Waals surface area contributed by atoms with Gasteiger partial charge < -0.3 is 14.4 Å². The highest BCUT2D eigenvalue weighted by Gasteiger charge is 2.18. The lowest BCUT2D eigenvalue weighted by Crippen LogP contribution is -2.41. The van der Waals surface area contributed by atoms with Crippen LogP contribution in [0.1, 0.15) is 5.82 Å². The molecule has 0 saturated carbocycles. The summed E-state index contributed by atoms with van der Waals surface area (Å²) in [6.45, 7) is 2.42. The standard InChI is InChI=1S/C17H18N3O3/c1-22-14-4-2-3-13(11-14)15-5-6-18-16(19-15)12-17(21)20-7-9-23-10-8-20/h2-5,11H,7-10,12H2,1H3. The minimum absolute atomic E-state index is 0.0180. The molecule has 2 aromatic rings. The number of benzene rings is 1. The Morgan fingerprint density at radius 3 is 3.00 bits per heavy atom. The summed E-state index contributed by atoms with van der Waals surface area (Å²) in [5, 5.41) is 0. The quantitative estimate of drug-likeness (QED) is 0.853. The molecule has 1 amide bonds. The van der Waals surface area contributed by atoms with Crippen molar-refractivity contribution in [1.29, 1.82) is 0 Å². The van der Waals surface area contributed by atoms with Crippen LogP contribution in [0.15, 0.2) is 30.3 Å². The molecule has 2 heterocycles. The molecule has 6 heteroatoms. The second-order valence-electron chi connectivity index (χ2n) is 5.20. The second-order valence-corrected chi connectivity index (χ2v) is 5.20. The van der Waals surface area contributed by atoms with Crippen molar-refractivity contribution in [2.75, 3.05) is 33.4 Å². The molecule has 1 aromatic heterocycles. The molecule has 0 N–H and O–H groups in total. The normalized spacial score (nSPS) is 14.6. The SMILES string of the molecule is COc1cccc(-c2c[c]nc(CC(=O)N3CCOCC3)n2)c1. The van der Waals surface area contributed by atoms with Crippen LogP contribution in [0.4, 0.5) is 0 Å². The Morgan fingerprint density at radius 1 is 1.39 bits per heavy atom. The maximum absolute atomic E-state index is 12.3. The number of morpholine rings is 1. The van der Waals surface area contributed by atoms with Crippen LogP contribution in [0, 0.1) is 6.20 Å². The lowest BCUT2D eigenvalue weighted by atomic mass is 10.1. The van der Waals surface area contributed by atoms with Gasteiger partial charge >= 0.3 is 0 Å². The highest BCUT2D eigenvalue weighted by Crippen LogP contribution is 2.21. The first-order valence-corrected chi connectivity index (χ1v) is 7.50. The van der Waals surface area contributed by atoms with Crippen molar-refractivity contribution < 1.29 is 14.3 Å². The minimum atomic E-state index is 0.0180. The zero-order valence-electron chi connectivity index (χ0n) is 13.0. The summed E-state index contributed by atoms with van der Waals surface area (Å²) < 4.78 is 10.5. The average Bonchev–Trinajstić information content (AvgIpc) is 2.63. The first-order chi connectivity index (χ1) is 11.3. The predicted molar refractivity (Wildman–Crippen MR) is 84.0 cm³/mol. The van der Waals surface area contributed by atoms with E-state index in [4.69, 9.17) is 9.47 Å². The summed E-state index contributed by atoms with van der Waals surface area (Å²) in [5.41, 5.74) is 1.63. The van der Waals surface area contributed by atoms with Crippen LogP contribution in [0.5, 0.6) is 5.75 Å². The van der Waals surface area contributed by atoms with Gasteiger partial charge in [-0.3, -0.25) is 4.79 Å². The van der Waals surface area contributed by atoms with Crippen LogP contribution in [0.25, 0.3) is 11.3 Å². The summed E-state index contributed by atoms with van der Waals surface area (Å²) in [6, 6.07) is 9.31. The molecule has 119 valence electrons. The van der Waals surface area contributed by atoms with Crippen LogP contribution >= 0.6 is 0 Å². The molecule has 0 aliphatic carbocycles. The first kappa shape index (κ1) is 15.4. The van der Waals surface area contributed by atoms with E-state index < -0.39 is 0 Å². The zero-order valence-corrected chi connectivity index (χ0v) is 13.0. The second kappa shape index (κ2) is 7.19. The van der Waals surface area contributed by atoms with Crippen molar-refractivity contribution in [2.24, 2.45) is 0 Å². The van der Waals surface area contributed by atoms with Gasteiger partial charge in [-0.1, -0.05) is 12.1 Å². The molecule has 0 spiro atoms. The van der Waals surface area contributed by atoms with E-state index in [1.807, 2.05) is 24.3 Å². The third-order valence-electron chi connectivity index (χ3n) is 3.68. The molecule has 1 radical (unpaired) electrons. The maximum Gasteiger partial charge on any atom is 0.230 e. The maximum atomic E-state index is 12.3. The molecule has 1 fully saturated rings. The fourth-order valence-electron chi connectivity index (χ4n) is 2.43. The van der Waals surface area contributed by atoms with E-state index >= 15 is 0 Å². The zero-order chi connectivity index (χ0) is 16.1. The molecule has 1 saturated heterocycles. The molecule has 3 rings (SSSR count). The van der Waals surface area contributed by atoms with Gasteiger partial charge in [0.15, 0.2) is 0 Å². The van der Waals surface area contributed by atoms with Crippen molar-refractivity contribution in [3.05, 3.63) is 42.4 Å². The molecule has 1 aliphatic rings. The lowest BCUT2D eigenvalue weighted by molar-refractivity contribution is -0.134. The Labute approximate surface area is 135 Å². The van der Waals surface area contributed by atoms with Gasteiger partial charge in [-0.05, 0) is 18.2 Å². The van der Waals surface area contributed by atoms with E-state index in [2.05, 4.69) is 16.2 Å². The van der Waals surface area contributed by atoms with E-state index in [1.54, 1.807) is 18.1 Å². The van der Waals surface area contributed by atoms with E-state index in [1.165, 1.54) is 0 Å². The average molecular weight is 312 g/mol. The number of hydrogen-bond donors (Lipinski definition) is 0. The molecule has 6 nitrogen and oxygen atoms in total. The Balaban J connectivity index is 1.75. The highest BCUT2D eigenvalue weighted by atomic mass is 16.5. The number of methoxy groups -OCH3 is 1. The molecule has 1 aromatic carbocycles.